The van der Waals surface area contributed by atoms with E-state index < -0.39 is 38.1 Å². The predicted molar refractivity (Wildman–Crippen MR) is 116 cm³/mol. The molecule has 0 bridgehead atoms. The van der Waals surface area contributed by atoms with Crippen LogP contribution in [-0.4, -0.2) is 61.4 Å². The van der Waals surface area contributed by atoms with E-state index in [2.05, 4.69) is 0 Å². The zero-order chi connectivity index (χ0) is 24.4. The van der Waals surface area contributed by atoms with E-state index in [9.17, 15) is 31.7 Å². The van der Waals surface area contributed by atoms with Gasteiger partial charge < -0.3 is 9.64 Å². The molecule has 0 aliphatic carbocycles. The van der Waals surface area contributed by atoms with Gasteiger partial charge in [-0.2, -0.15) is 17.5 Å². The van der Waals surface area contributed by atoms with Crippen LogP contribution in [0.25, 0.3) is 0 Å². The number of nitro benzene ring substituents is 1. The third-order valence-corrected chi connectivity index (χ3v) is 7.22. The van der Waals surface area contributed by atoms with Crippen molar-refractivity contribution in [3.8, 4) is 11.5 Å². The molecule has 2 aromatic carbocycles. The Hall–Kier alpha value is -2.12. The highest BCUT2D eigenvalue weighted by atomic mass is 35.5. The number of piperazine rings is 1. The summed E-state index contributed by atoms with van der Waals surface area (Å²) in [5, 5.41) is 11.7. The lowest BCUT2D eigenvalue weighted by Gasteiger charge is -2.34. The number of benzene rings is 2. The molecule has 14 heteroatoms. The highest BCUT2D eigenvalue weighted by molar-refractivity contribution is 7.89. The van der Waals surface area contributed by atoms with E-state index in [0.717, 1.165) is 22.5 Å². The molecule has 1 saturated heterocycles. The lowest BCUT2D eigenvalue weighted by atomic mass is 10.3. The van der Waals surface area contributed by atoms with Crippen molar-refractivity contribution in [2.24, 2.45) is 0 Å². The lowest BCUT2D eigenvalue weighted by molar-refractivity contribution is -0.385. The Kier molecular flexibility index (Phi) is 7.74. The van der Waals surface area contributed by atoms with E-state index >= 15 is 0 Å². The number of nitro groups is 1. The van der Waals surface area contributed by atoms with Crippen LogP contribution in [0.4, 0.5) is 18.9 Å². The molecule has 3 rings (SSSR count). The van der Waals surface area contributed by atoms with E-state index in [-0.39, 0.29) is 54.3 Å². The zero-order valence-corrected chi connectivity index (χ0v) is 19.2. The van der Waals surface area contributed by atoms with Gasteiger partial charge in [0, 0.05) is 54.9 Å². The van der Waals surface area contributed by atoms with Crippen molar-refractivity contribution < 1.29 is 31.2 Å². The fourth-order valence-electron chi connectivity index (χ4n) is 3.23. The molecule has 0 aromatic heterocycles. The second-order valence-electron chi connectivity index (χ2n) is 7.21. The number of nitrogens with zero attached hydrogens (tertiary/aromatic N) is 3. The first kappa shape index (κ1) is 25.5. The summed E-state index contributed by atoms with van der Waals surface area (Å²) >= 11 is 11.9. The molecule has 0 radical (unpaired) electrons. The molecule has 0 saturated carbocycles. The average molecular weight is 528 g/mol. The molecule has 1 aliphatic heterocycles. The van der Waals surface area contributed by atoms with Gasteiger partial charge in [0.05, 0.1) is 11.3 Å². The smallest absolute Gasteiger partial charge is 0.390 e. The van der Waals surface area contributed by atoms with Gasteiger partial charge in [-0.15, -0.1) is 0 Å². The molecule has 2 aromatic rings. The van der Waals surface area contributed by atoms with E-state index in [1.807, 2.05) is 0 Å². The predicted octanol–water partition coefficient (Wildman–Crippen LogP) is 4.95. The summed E-state index contributed by atoms with van der Waals surface area (Å²) in [6.07, 6.45) is -5.30. The molecule has 180 valence electrons. The summed E-state index contributed by atoms with van der Waals surface area (Å²) in [5.41, 5.74) is -0.464. The van der Waals surface area contributed by atoms with E-state index in [1.165, 1.54) is 23.1 Å². The van der Waals surface area contributed by atoms with Gasteiger partial charge in [-0.3, -0.25) is 10.1 Å². The van der Waals surface area contributed by atoms with Crippen LogP contribution in [-0.2, 0) is 10.0 Å². The maximum atomic E-state index is 13.3. The molecule has 1 heterocycles. The quantitative estimate of drug-likeness (QED) is 0.373. The van der Waals surface area contributed by atoms with E-state index in [4.69, 9.17) is 27.9 Å². The molecule has 1 fully saturated rings. The van der Waals surface area contributed by atoms with Crippen LogP contribution >= 0.6 is 23.2 Å². The van der Waals surface area contributed by atoms with Crippen LogP contribution in [0.3, 0.4) is 0 Å². The van der Waals surface area contributed by atoms with Crippen molar-refractivity contribution in [2.75, 3.05) is 32.7 Å². The van der Waals surface area contributed by atoms with Crippen LogP contribution in [0, 0.1) is 10.1 Å². The SMILES string of the molecule is O=[N+]([O-])c1ccc(Oc2cc(Cl)cc(Cl)c2)c(S(=O)(=O)N2CCN(CCC(F)(F)F)CC2)c1. The first-order valence-electron chi connectivity index (χ1n) is 9.57. The third kappa shape index (κ3) is 6.70. The molecule has 33 heavy (non-hydrogen) atoms. The fraction of sp³-hybridized carbons (Fsp3) is 0.368. The number of hydrogen-bond acceptors (Lipinski definition) is 6. The summed E-state index contributed by atoms with van der Waals surface area (Å²) in [6, 6.07) is 7.36. The summed E-state index contributed by atoms with van der Waals surface area (Å²) in [6.45, 7) is -0.219. The number of hydrogen-bond donors (Lipinski definition) is 0. The Morgan fingerprint density at radius 1 is 1.03 bits per heavy atom. The van der Waals surface area contributed by atoms with Gasteiger partial charge in [0.15, 0.2) is 0 Å². The second kappa shape index (κ2) is 10.0. The monoisotopic (exact) mass is 527 g/mol. The molecular formula is C19H18Cl2F3N3O5S. The fourth-order valence-corrected chi connectivity index (χ4v) is 5.29. The Labute approximate surface area is 197 Å². The molecule has 0 unspecified atom stereocenters. The van der Waals surface area contributed by atoms with Crippen molar-refractivity contribution in [2.45, 2.75) is 17.5 Å². The first-order chi connectivity index (χ1) is 15.3. The van der Waals surface area contributed by atoms with Crippen LogP contribution in [0.1, 0.15) is 6.42 Å². The highest BCUT2D eigenvalue weighted by Crippen LogP contribution is 2.36. The third-order valence-electron chi connectivity index (χ3n) is 4.86. The van der Waals surface area contributed by atoms with Crippen molar-refractivity contribution in [3.63, 3.8) is 0 Å². The maximum absolute atomic E-state index is 13.3. The zero-order valence-electron chi connectivity index (χ0n) is 16.9. The molecule has 0 N–H and O–H groups in total. The van der Waals surface area contributed by atoms with Crippen LogP contribution < -0.4 is 4.74 Å². The van der Waals surface area contributed by atoms with Crippen molar-refractivity contribution in [3.05, 3.63) is 56.6 Å². The van der Waals surface area contributed by atoms with Crippen LogP contribution in [0.5, 0.6) is 11.5 Å². The minimum absolute atomic E-state index is 0.0781. The van der Waals surface area contributed by atoms with Crippen molar-refractivity contribution in [1.82, 2.24) is 9.21 Å². The number of non-ortho nitro benzene ring substituents is 1. The summed E-state index contributed by atoms with van der Waals surface area (Å²) < 4.78 is 70.7. The minimum Gasteiger partial charge on any atom is -0.456 e. The Bertz CT molecular complexity index is 1120. The van der Waals surface area contributed by atoms with Crippen molar-refractivity contribution >= 4 is 38.9 Å². The van der Waals surface area contributed by atoms with Gasteiger partial charge in [-0.1, -0.05) is 23.2 Å². The molecule has 0 atom stereocenters. The second-order valence-corrected chi connectivity index (χ2v) is 9.99. The van der Waals surface area contributed by atoms with Crippen LogP contribution in [0.2, 0.25) is 10.0 Å². The number of halogens is 5. The van der Waals surface area contributed by atoms with Gasteiger partial charge >= 0.3 is 6.18 Å². The maximum Gasteiger partial charge on any atom is 0.390 e. The summed E-state index contributed by atoms with van der Waals surface area (Å²) in [7, 11) is -4.27. The minimum atomic E-state index is -4.30. The van der Waals surface area contributed by atoms with Gasteiger partial charge in [-0.05, 0) is 24.3 Å². The summed E-state index contributed by atoms with van der Waals surface area (Å²) in [5.74, 6) is -0.0618. The van der Waals surface area contributed by atoms with Gasteiger partial charge in [0.1, 0.15) is 16.4 Å². The average Bonchev–Trinajstić information content (AvgIpc) is 2.71. The normalized spacial score (nSPS) is 16.0. The first-order valence-corrected chi connectivity index (χ1v) is 11.8. The molecule has 8 nitrogen and oxygen atoms in total. The van der Waals surface area contributed by atoms with Crippen LogP contribution in [0.15, 0.2) is 41.3 Å². The highest BCUT2D eigenvalue weighted by Gasteiger charge is 2.34. The molecule has 0 amide bonds. The Balaban J connectivity index is 1.86. The Morgan fingerprint density at radius 2 is 1.64 bits per heavy atom. The van der Waals surface area contributed by atoms with Crippen molar-refractivity contribution in [1.29, 1.82) is 0 Å². The number of alkyl halides is 3. The van der Waals surface area contributed by atoms with E-state index in [0.29, 0.717) is 0 Å². The molecule has 0 spiro atoms. The number of sulfonamides is 1. The van der Waals surface area contributed by atoms with Gasteiger partial charge in [0.2, 0.25) is 10.0 Å². The standard InChI is InChI=1S/C19H18Cl2F3N3O5S/c20-13-9-14(21)11-16(10-13)32-17-2-1-15(27(28)29)12-18(17)33(30,31)26-7-5-25(6-8-26)4-3-19(22,23)24/h1-2,9-12H,3-8H2. The van der Waals surface area contributed by atoms with Gasteiger partial charge in [0.25, 0.3) is 5.69 Å². The molecular weight excluding hydrogens is 510 g/mol. The summed E-state index contributed by atoms with van der Waals surface area (Å²) in [4.78, 5) is 11.6. The lowest BCUT2D eigenvalue weighted by Crippen LogP contribution is -2.49. The largest absolute Gasteiger partial charge is 0.456 e. The number of ether oxygens (including phenoxy) is 1. The Morgan fingerprint density at radius 3 is 2.18 bits per heavy atom. The number of rotatable bonds is 7. The van der Waals surface area contributed by atoms with E-state index in [1.54, 1.807) is 0 Å². The topological polar surface area (TPSA) is 93.0 Å². The molecule has 1 aliphatic rings. The van der Waals surface area contributed by atoms with Gasteiger partial charge in [-0.25, -0.2) is 8.42 Å².